The third kappa shape index (κ3) is 5.70. The van der Waals surface area contributed by atoms with Gasteiger partial charge >= 0.3 is 5.97 Å². The van der Waals surface area contributed by atoms with E-state index in [-0.39, 0.29) is 30.3 Å². The van der Waals surface area contributed by atoms with E-state index in [1.165, 1.54) is 23.8 Å². The van der Waals surface area contributed by atoms with Crippen LogP contribution in [0.4, 0.5) is 0 Å². The fourth-order valence-corrected chi connectivity index (χ4v) is 2.60. The van der Waals surface area contributed by atoms with E-state index >= 15 is 0 Å². The van der Waals surface area contributed by atoms with Gasteiger partial charge in [-0.05, 0) is 29.5 Å². The SMILES string of the molecule is COC(=O)[C@H](C)C[C@H](N)Cc1ccc(-c2ccccc2)cc1.Cl. The van der Waals surface area contributed by atoms with Crippen LogP contribution in [-0.4, -0.2) is 19.1 Å². The van der Waals surface area contributed by atoms with Crippen molar-refractivity contribution in [1.82, 2.24) is 0 Å². The number of halogens is 1. The van der Waals surface area contributed by atoms with Crippen LogP contribution in [0, 0.1) is 5.92 Å². The summed E-state index contributed by atoms with van der Waals surface area (Å²) in [7, 11) is 1.41. The van der Waals surface area contributed by atoms with Crippen LogP contribution in [0.15, 0.2) is 54.6 Å². The van der Waals surface area contributed by atoms with E-state index in [0.29, 0.717) is 6.42 Å². The van der Waals surface area contributed by atoms with E-state index in [4.69, 9.17) is 10.5 Å². The molecule has 2 N–H and O–H groups in total. The fraction of sp³-hybridized carbons (Fsp3) is 0.316. The summed E-state index contributed by atoms with van der Waals surface area (Å²) in [5.74, 6) is -0.363. The predicted octanol–water partition coefficient (Wildman–Crippen LogP) is 3.84. The molecule has 0 amide bonds. The molecule has 0 aliphatic heterocycles. The predicted molar refractivity (Wildman–Crippen MR) is 96.6 cm³/mol. The van der Waals surface area contributed by atoms with Crippen LogP contribution in [0.5, 0.6) is 0 Å². The van der Waals surface area contributed by atoms with Crippen LogP contribution in [0.1, 0.15) is 18.9 Å². The Kier molecular flexibility index (Phi) is 7.79. The number of nitrogens with two attached hydrogens (primary N) is 1. The van der Waals surface area contributed by atoms with E-state index in [2.05, 4.69) is 36.4 Å². The van der Waals surface area contributed by atoms with E-state index < -0.39 is 0 Å². The summed E-state index contributed by atoms with van der Waals surface area (Å²) in [6.45, 7) is 1.85. The molecule has 2 rings (SSSR count). The second-order valence-corrected chi connectivity index (χ2v) is 5.69. The maximum atomic E-state index is 11.4. The zero-order chi connectivity index (χ0) is 15.9. The van der Waals surface area contributed by atoms with Gasteiger partial charge in [-0.25, -0.2) is 0 Å². The largest absolute Gasteiger partial charge is 0.469 e. The summed E-state index contributed by atoms with van der Waals surface area (Å²) >= 11 is 0. The average molecular weight is 334 g/mol. The minimum Gasteiger partial charge on any atom is -0.469 e. The molecule has 4 heteroatoms. The molecule has 23 heavy (non-hydrogen) atoms. The molecule has 0 aliphatic rings. The topological polar surface area (TPSA) is 52.3 Å². The minimum absolute atomic E-state index is 0. The fourth-order valence-electron chi connectivity index (χ4n) is 2.60. The molecule has 0 heterocycles. The quantitative estimate of drug-likeness (QED) is 0.817. The summed E-state index contributed by atoms with van der Waals surface area (Å²) < 4.78 is 4.73. The Morgan fingerprint density at radius 3 is 2.17 bits per heavy atom. The Balaban J connectivity index is 0.00000264. The Labute approximate surface area is 144 Å². The summed E-state index contributed by atoms with van der Waals surface area (Å²) in [5.41, 5.74) is 9.73. The molecule has 2 atom stereocenters. The molecule has 0 aliphatic carbocycles. The lowest BCUT2D eigenvalue weighted by molar-refractivity contribution is -0.145. The van der Waals surface area contributed by atoms with Crippen LogP contribution in [0.2, 0.25) is 0 Å². The van der Waals surface area contributed by atoms with Crippen molar-refractivity contribution in [3.63, 3.8) is 0 Å². The molecule has 0 unspecified atom stereocenters. The molecule has 0 bridgehead atoms. The van der Waals surface area contributed by atoms with Crippen molar-refractivity contribution in [2.45, 2.75) is 25.8 Å². The number of hydrogen-bond donors (Lipinski definition) is 1. The van der Waals surface area contributed by atoms with E-state index in [9.17, 15) is 4.79 Å². The summed E-state index contributed by atoms with van der Waals surface area (Å²) in [5, 5.41) is 0. The van der Waals surface area contributed by atoms with Crippen LogP contribution in [0.25, 0.3) is 11.1 Å². The van der Waals surface area contributed by atoms with Crippen molar-refractivity contribution in [1.29, 1.82) is 0 Å². The number of benzene rings is 2. The molecule has 0 spiro atoms. The van der Waals surface area contributed by atoms with Crippen molar-refractivity contribution < 1.29 is 9.53 Å². The molecule has 3 nitrogen and oxygen atoms in total. The highest BCUT2D eigenvalue weighted by Gasteiger charge is 2.17. The first-order valence-electron chi connectivity index (χ1n) is 7.58. The van der Waals surface area contributed by atoms with Gasteiger partial charge in [0.05, 0.1) is 13.0 Å². The van der Waals surface area contributed by atoms with E-state index in [0.717, 1.165) is 6.42 Å². The third-order valence-corrected chi connectivity index (χ3v) is 3.82. The number of methoxy groups -OCH3 is 1. The molecular formula is C19H24ClNO2. The van der Waals surface area contributed by atoms with Gasteiger partial charge in [-0.15, -0.1) is 12.4 Å². The first kappa shape index (κ1) is 19.2. The molecular weight excluding hydrogens is 310 g/mol. The van der Waals surface area contributed by atoms with Crippen molar-refractivity contribution in [2.24, 2.45) is 11.7 Å². The van der Waals surface area contributed by atoms with Gasteiger partial charge in [-0.3, -0.25) is 4.79 Å². The second kappa shape index (κ2) is 9.33. The number of rotatable bonds is 6. The summed E-state index contributed by atoms with van der Waals surface area (Å²) in [6.07, 6.45) is 1.39. The Bertz CT molecular complexity index is 599. The van der Waals surface area contributed by atoms with Gasteiger partial charge in [-0.2, -0.15) is 0 Å². The normalized spacial score (nSPS) is 12.8. The maximum absolute atomic E-state index is 11.4. The van der Waals surface area contributed by atoms with Gasteiger partial charge in [0.25, 0.3) is 0 Å². The highest BCUT2D eigenvalue weighted by atomic mass is 35.5. The summed E-state index contributed by atoms with van der Waals surface area (Å²) in [6, 6.07) is 18.7. The monoisotopic (exact) mass is 333 g/mol. The lowest BCUT2D eigenvalue weighted by Crippen LogP contribution is -2.28. The zero-order valence-electron chi connectivity index (χ0n) is 13.6. The first-order chi connectivity index (χ1) is 10.6. The van der Waals surface area contributed by atoms with Crippen molar-refractivity contribution in [2.75, 3.05) is 7.11 Å². The molecule has 0 aromatic heterocycles. The number of carbonyl (C=O) groups is 1. The Morgan fingerprint density at radius 1 is 1.04 bits per heavy atom. The zero-order valence-corrected chi connectivity index (χ0v) is 14.4. The molecule has 0 saturated carbocycles. The standard InChI is InChI=1S/C19H23NO2.ClH/c1-14(19(21)22-2)12-18(20)13-15-8-10-17(11-9-15)16-6-4-3-5-7-16;/h3-11,14,18H,12-13,20H2,1-2H3;1H/t14-,18+;/m1./s1. The molecule has 2 aromatic carbocycles. The van der Waals surface area contributed by atoms with Crippen molar-refractivity contribution in [3.8, 4) is 11.1 Å². The molecule has 0 radical (unpaired) electrons. The van der Waals surface area contributed by atoms with Gasteiger partial charge in [0.15, 0.2) is 0 Å². The van der Waals surface area contributed by atoms with Crippen LogP contribution >= 0.6 is 12.4 Å². The van der Waals surface area contributed by atoms with Crippen LogP contribution in [-0.2, 0) is 16.0 Å². The van der Waals surface area contributed by atoms with Gasteiger partial charge < -0.3 is 10.5 Å². The Hall–Kier alpha value is -1.84. The summed E-state index contributed by atoms with van der Waals surface area (Å²) in [4.78, 5) is 11.4. The smallest absolute Gasteiger partial charge is 0.308 e. The highest BCUT2D eigenvalue weighted by Crippen LogP contribution is 2.20. The maximum Gasteiger partial charge on any atom is 0.308 e. The number of esters is 1. The second-order valence-electron chi connectivity index (χ2n) is 5.69. The molecule has 0 saturated heterocycles. The average Bonchev–Trinajstić information content (AvgIpc) is 2.55. The number of carbonyl (C=O) groups excluding carboxylic acids is 1. The van der Waals surface area contributed by atoms with Crippen LogP contribution < -0.4 is 5.73 Å². The molecule has 2 aromatic rings. The van der Waals surface area contributed by atoms with Gasteiger partial charge in [0, 0.05) is 6.04 Å². The third-order valence-electron chi connectivity index (χ3n) is 3.82. The lowest BCUT2D eigenvalue weighted by Gasteiger charge is -2.16. The van der Waals surface area contributed by atoms with Crippen molar-refractivity contribution >= 4 is 18.4 Å². The van der Waals surface area contributed by atoms with E-state index in [1.807, 2.05) is 25.1 Å². The number of hydrogen-bond acceptors (Lipinski definition) is 3. The Morgan fingerprint density at radius 2 is 1.61 bits per heavy atom. The van der Waals surface area contributed by atoms with Gasteiger partial charge in [0.1, 0.15) is 0 Å². The highest BCUT2D eigenvalue weighted by molar-refractivity contribution is 5.85. The first-order valence-corrected chi connectivity index (χ1v) is 7.58. The number of ether oxygens (including phenoxy) is 1. The van der Waals surface area contributed by atoms with Gasteiger partial charge in [-0.1, -0.05) is 61.5 Å². The lowest BCUT2D eigenvalue weighted by atomic mass is 9.95. The minimum atomic E-state index is -0.199. The van der Waals surface area contributed by atoms with Crippen molar-refractivity contribution in [3.05, 3.63) is 60.2 Å². The molecule has 124 valence electrons. The van der Waals surface area contributed by atoms with Crippen LogP contribution in [0.3, 0.4) is 0 Å². The molecule has 0 fully saturated rings. The van der Waals surface area contributed by atoms with E-state index in [1.54, 1.807) is 0 Å². The van der Waals surface area contributed by atoms with Gasteiger partial charge in [0.2, 0.25) is 0 Å².